The van der Waals surface area contributed by atoms with Crippen LogP contribution >= 0.6 is 0 Å². The number of hydrogen-bond acceptors (Lipinski definition) is 4. The molecule has 5 nitrogen and oxygen atoms in total. The average molecular weight is 219 g/mol. The quantitative estimate of drug-likeness (QED) is 0.773. The average Bonchev–Trinajstić information content (AvgIpc) is 2.79. The highest BCUT2D eigenvalue weighted by Gasteiger charge is 2.05. The molecule has 0 atom stereocenters. The van der Waals surface area contributed by atoms with E-state index in [-0.39, 0.29) is 0 Å². The third kappa shape index (κ3) is 2.85. The Balaban J connectivity index is 0.000000606. The Hall–Kier alpha value is -1.78. The number of aryl methyl sites for hydroxylation is 2. The van der Waals surface area contributed by atoms with Crippen molar-refractivity contribution in [3.05, 3.63) is 24.3 Å². The summed E-state index contributed by atoms with van der Waals surface area (Å²) >= 11 is 0. The summed E-state index contributed by atoms with van der Waals surface area (Å²) < 4.78 is 1.63. The first-order valence-corrected chi connectivity index (χ1v) is 5.46. The lowest BCUT2D eigenvalue weighted by Crippen LogP contribution is -1.94. The van der Waals surface area contributed by atoms with Crippen LogP contribution in [0.15, 0.2) is 18.7 Å². The van der Waals surface area contributed by atoms with E-state index in [1.807, 2.05) is 20.9 Å². The molecule has 5 heteroatoms. The second kappa shape index (κ2) is 5.95. The lowest BCUT2D eigenvalue weighted by molar-refractivity contribution is 0.766. The van der Waals surface area contributed by atoms with Crippen molar-refractivity contribution in [2.45, 2.75) is 27.2 Å². The van der Waals surface area contributed by atoms with Crippen LogP contribution in [0.5, 0.6) is 0 Å². The molecule has 0 unspecified atom stereocenters. The Bertz CT molecular complexity index is 418. The molecular weight excluding hydrogens is 202 g/mol. The van der Waals surface area contributed by atoms with Gasteiger partial charge in [-0.25, -0.2) is 15.0 Å². The van der Waals surface area contributed by atoms with Crippen LogP contribution in [-0.2, 0) is 13.5 Å². The van der Waals surface area contributed by atoms with Crippen molar-refractivity contribution in [3.8, 4) is 11.6 Å². The highest BCUT2D eigenvalue weighted by molar-refractivity contribution is 5.40. The van der Waals surface area contributed by atoms with Crippen LogP contribution in [0.3, 0.4) is 0 Å². The van der Waals surface area contributed by atoms with Crippen molar-refractivity contribution in [1.29, 1.82) is 0 Å². The molecule has 0 aliphatic heterocycles. The van der Waals surface area contributed by atoms with Crippen molar-refractivity contribution in [2.75, 3.05) is 0 Å². The first-order valence-electron chi connectivity index (χ1n) is 5.46. The number of nitrogens with zero attached hydrogens (tertiary/aromatic N) is 5. The Kier molecular flexibility index (Phi) is 4.57. The molecule has 0 amide bonds. The molecule has 0 bridgehead atoms. The molecule has 2 heterocycles. The van der Waals surface area contributed by atoms with Crippen molar-refractivity contribution in [3.63, 3.8) is 0 Å². The van der Waals surface area contributed by atoms with E-state index in [0.717, 1.165) is 12.0 Å². The first kappa shape index (κ1) is 12.3. The van der Waals surface area contributed by atoms with Crippen LogP contribution in [0.25, 0.3) is 11.6 Å². The predicted molar refractivity (Wildman–Crippen MR) is 62.8 cm³/mol. The highest BCUT2D eigenvalue weighted by atomic mass is 15.3. The smallest absolute Gasteiger partial charge is 0.218 e. The van der Waals surface area contributed by atoms with Gasteiger partial charge in [-0.15, -0.1) is 5.10 Å². The highest BCUT2D eigenvalue weighted by Crippen LogP contribution is 2.07. The Morgan fingerprint density at radius 1 is 1.06 bits per heavy atom. The van der Waals surface area contributed by atoms with Crippen LogP contribution < -0.4 is 0 Å². The first-order chi connectivity index (χ1) is 7.79. The maximum atomic E-state index is 4.18. The summed E-state index contributed by atoms with van der Waals surface area (Å²) in [5, 5.41) is 4.12. The molecule has 0 aliphatic carbocycles. The molecule has 0 aliphatic rings. The van der Waals surface area contributed by atoms with Gasteiger partial charge in [-0.3, -0.25) is 4.68 Å². The fourth-order valence-corrected chi connectivity index (χ4v) is 1.09. The van der Waals surface area contributed by atoms with E-state index in [0.29, 0.717) is 11.6 Å². The molecule has 2 aromatic heterocycles. The fraction of sp³-hybridized carbons (Fsp3) is 0.455. The third-order valence-corrected chi connectivity index (χ3v) is 1.91. The van der Waals surface area contributed by atoms with E-state index >= 15 is 0 Å². The van der Waals surface area contributed by atoms with Gasteiger partial charge in [0.15, 0.2) is 5.82 Å². The summed E-state index contributed by atoms with van der Waals surface area (Å²) in [7, 11) is 1.82. The molecule has 86 valence electrons. The standard InChI is InChI=1S/C9H11N5.C2H6/c1-3-7-4-10-8(11-5-7)9-12-6-14(2)13-9;1-2/h4-6H,3H2,1-2H3;1-2H3. The summed E-state index contributed by atoms with van der Waals surface area (Å²) in [5.74, 6) is 1.14. The van der Waals surface area contributed by atoms with Crippen molar-refractivity contribution in [1.82, 2.24) is 24.7 Å². The largest absolute Gasteiger partial charge is 0.255 e. The van der Waals surface area contributed by atoms with Gasteiger partial charge in [-0.1, -0.05) is 20.8 Å². The second-order valence-electron chi connectivity index (χ2n) is 3.01. The van der Waals surface area contributed by atoms with Gasteiger partial charge in [-0.05, 0) is 12.0 Å². The zero-order valence-corrected chi connectivity index (χ0v) is 10.2. The zero-order valence-electron chi connectivity index (χ0n) is 10.2. The predicted octanol–water partition coefficient (Wildman–Crippen LogP) is 1.86. The maximum Gasteiger partial charge on any atom is 0.218 e. The van der Waals surface area contributed by atoms with Gasteiger partial charge in [0.25, 0.3) is 0 Å². The molecule has 0 aromatic carbocycles. The normalized spacial score (nSPS) is 9.50. The lowest BCUT2D eigenvalue weighted by Gasteiger charge is -1.95. The summed E-state index contributed by atoms with van der Waals surface area (Å²) in [4.78, 5) is 12.4. The Morgan fingerprint density at radius 2 is 1.69 bits per heavy atom. The van der Waals surface area contributed by atoms with Crippen LogP contribution in [0.1, 0.15) is 26.3 Å². The van der Waals surface area contributed by atoms with Crippen molar-refractivity contribution in [2.24, 2.45) is 7.05 Å². The molecule has 0 saturated carbocycles. The molecule has 0 radical (unpaired) electrons. The van der Waals surface area contributed by atoms with Gasteiger partial charge in [0.1, 0.15) is 6.33 Å². The van der Waals surface area contributed by atoms with E-state index < -0.39 is 0 Å². The molecular formula is C11H17N5. The van der Waals surface area contributed by atoms with Gasteiger partial charge in [0.05, 0.1) is 0 Å². The molecule has 0 spiro atoms. The van der Waals surface area contributed by atoms with Crippen LogP contribution in [0.2, 0.25) is 0 Å². The fourth-order valence-electron chi connectivity index (χ4n) is 1.09. The Morgan fingerprint density at radius 3 is 2.12 bits per heavy atom. The maximum absolute atomic E-state index is 4.18. The van der Waals surface area contributed by atoms with Crippen LogP contribution in [0.4, 0.5) is 0 Å². The molecule has 0 saturated heterocycles. The molecule has 2 aromatic rings. The number of aromatic nitrogens is 5. The zero-order chi connectivity index (χ0) is 12.0. The van der Waals surface area contributed by atoms with Crippen molar-refractivity contribution >= 4 is 0 Å². The molecule has 0 N–H and O–H groups in total. The van der Waals surface area contributed by atoms with Crippen LogP contribution in [-0.4, -0.2) is 24.7 Å². The topological polar surface area (TPSA) is 56.5 Å². The molecule has 2 rings (SSSR count). The van der Waals surface area contributed by atoms with E-state index in [2.05, 4.69) is 27.0 Å². The van der Waals surface area contributed by atoms with Gasteiger partial charge < -0.3 is 0 Å². The summed E-state index contributed by atoms with van der Waals surface area (Å²) in [5.41, 5.74) is 1.12. The third-order valence-electron chi connectivity index (χ3n) is 1.91. The van der Waals surface area contributed by atoms with Crippen LogP contribution in [0, 0.1) is 0 Å². The second-order valence-corrected chi connectivity index (χ2v) is 3.01. The van der Waals surface area contributed by atoms with Gasteiger partial charge in [0, 0.05) is 19.4 Å². The molecule has 16 heavy (non-hydrogen) atoms. The number of rotatable bonds is 2. The molecule has 0 fully saturated rings. The summed E-state index contributed by atoms with van der Waals surface area (Å²) in [6.45, 7) is 6.07. The summed E-state index contributed by atoms with van der Waals surface area (Å²) in [6, 6.07) is 0. The van der Waals surface area contributed by atoms with E-state index in [1.54, 1.807) is 23.4 Å². The summed E-state index contributed by atoms with van der Waals surface area (Å²) in [6.07, 6.45) is 6.18. The minimum absolute atomic E-state index is 0.565. The van der Waals surface area contributed by atoms with Gasteiger partial charge in [0.2, 0.25) is 5.82 Å². The monoisotopic (exact) mass is 219 g/mol. The van der Waals surface area contributed by atoms with E-state index in [4.69, 9.17) is 0 Å². The van der Waals surface area contributed by atoms with E-state index in [1.165, 1.54) is 0 Å². The van der Waals surface area contributed by atoms with E-state index in [9.17, 15) is 0 Å². The van der Waals surface area contributed by atoms with Gasteiger partial charge in [-0.2, -0.15) is 0 Å². The number of hydrogen-bond donors (Lipinski definition) is 0. The SMILES string of the molecule is CC.CCc1cnc(-c2ncn(C)n2)nc1. The van der Waals surface area contributed by atoms with Crippen molar-refractivity contribution < 1.29 is 0 Å². The minimum Gasteiger partial charge on any atom is -0.255 e. The van der Waals surface area contributed by atoms with Gasteiger partial charge >= 0.3 is 0 Å². The Labute approximate surface area is 95.6 Å². The minimum atomic E-state index is 0.565. The lowest BCUT2D eigenvalue weighted by atomic mass is 10.3.